The van der Waals surface area contributed by atoms with Gasteiger partial charge in [0.1, 0.15) is 22.3 Å². The van der Waals surface area contributed by atoms with Gasteiger partial charge in [-0.1, -0.05) is 170 Å². The lowest BCUT2D eigenvalue weighted by Crippen LogP contribution is -2.11. The van der Waals surface area contributed by atoms with Gasteiger partial charge in [0, 0.05) is 43.7 Å². The molecular weight excluding hydrogens is 743 g/mol. The summed E-state index contributed by atoms with van der Waals surface area (Å²) in [6.07, 6.45) is 0. The highest BCUT2D eigenvalue weighted by Gasteiger charge is 2.24. The summed E-state index contributed by atoms with van der Waals surface area (Å²) < 4.78 is 13.7. The molecule has 61 heavy (non-hydrogen) atoms. The van der Waals surface area contributed by atoms with Crippen molar-refractivity contribution < 1.29 is 8.83 Å². The molecule has 0 aliphatic heterocycles. The highest BCUT2D eigenvalue weighted by molar-refractivity contribution is 6.21. The summed E-state index contributed by atoms with van der Waals surface area (Å²) >= 11 is 0. The molecule has 0 N–H and O–H groups in total. The van der Waals surface area contributed by atoms with Crippen LogP contribution in [0.4, 0.5) is 17.1 Å². The third kappa shape index (κ3) is 5.11. The van der Waals surface area contributed by atoms with Gasteiger partial charge in [-0.3, -0.25) is 0 Å². The van der Waals surface area contributed by atoms with E-state index in [0.29, 0.717) is 0 Å². The molecule has 0 aliphatic rings. The Morgan fingerprint density at radius 1 is 0.279 bits per heavy atom. The molecule has 0 fully saturated rings. The monoisotopic (exact) mass is 777 g/mol. The van der Waals surface area contributed by atoms with Crippen LogP contribution in [0.5, 0.6) is 0 Å². The number of para-hydroxylation sites is 2. The summed E-state index contributed by atoms with van der Waals surface area (Å²) in [7, 11) is 0. The van der Waals surface area contributed by atoms with Crippen molar-refractivity contribution in [3.63, 3.8) is 0 Å². The van der Waals surface area contributed by atoms with Gasteiger partial charge in [-0.15, -0.1) is 0 Å². The summed E-state index contributed by atoms with van der Waals surface area (Å²) in [4.78, 5) is 2.40. The second kappa shape index (κ2) is 13.2. The molecule has 0 aliphatic carbocycles. The van der Waals surface area contributed by atoms with E-state index in [9.17, 15) is 0 Å². The van der Waals surface area contributed by atoms with Gasteiger partial charge in [0.05, 0.1) is 16.8 Å². The van der Waals surface area contributed by atoms with Crippen LogP contribution >= 0.6 is 0 Å². The van der Waals surface area contributed by atoms with Crippen molar-refractivity contribution in [3.8, 4) is 22.3 Å². The molecule has 0 saturated heterocycles. The first-order valence-electron chi connectivity index (χ1n) is 20.8. The Balaban J connectivity index is 1.05. The Kier molecular flexibility index (Phi) is 7.31. The predicted octanol–water partition coefficient (Wildman–Crippen LogP) is 16.9. The van der Waals surface area contributed by atoms with Crippen molar-refractivity contribution in [3.05, 3.63) is 212 Å². The number of benzene rings is 11. The van der Waals surface area contributed by atoms with E-state index in [0.717, 1.165) is 99.2 Å². The largest absolute Gasteiger partial charge is 0.455 e. The van der Waals surface area contributed by atoms with Gasteiger partial charge in [0.2, 0.25) is 0 Å². The van der Waals surface area contributed by atoms with Crippen LogP contribution < -0.4 is 4.90 Å². The maximum atomic E-state index is 6.95. The van der Waals surface area contributed by atoms with Crippen LogP contribution in [0.25, 0.3) is 109 Å². The fraction of sp³-hybridized carbons (Fsp3) is 0. The predicted molar refractivity (Wildman–Crippen MR) is 257 cm³/mol. The maximum Gasteiger partial charge on any atom is 0.143 e. The zero-order chi connectivity index (χ0) is 40.0. The Morgan fingerprint density at radius 3 is 1.57 bits per heavy atom. The molecule has 0 radical (unpaired) electrons. The van der Waals surface area contributed by atoms with Gasteiger partial charge in [-0.05, 0) is 85.9 Å². The molecule has 0 unspecified atom stereocenters. The second-order valence-electron chi connectivity index (χ2n) is 16.0. The van der Waals surface area contributed by atoms with Crippen LogP contribution in [0.3, 0.4) is 0 Å². The van der Waals surface area contributed by atoms with E-state index in [1.165, 1.54) is 27.1 Å². The Labute approximate surface area is 350 Å². The molecule has 0 bridgehead atoms. The van der Waals surface area contributed by atoms with Crippen LogP contribution in [0.2, 0.25) is 0 Å². The Bertz CT molecular complexity index is 3890. The first-order valence-corrected chi connectivity index (χ1v) is 20.8. The number of fused-ring (bicyclic) bond motifs is 13. The van der Waals surface area contributed by atoms with Crippen LogP contribution in [0, 0.1) is 0 Å². The standard InChI is InChI=1S/C58H35NO2/c1-4-15-41-36(12-1)28-33-46-42(19-9-20-45(41)46)39-26-31-40(32-27-39)59(53-24-11-25-54-55(53)51-35-30-38-14-3-6-17-44(38)57(51)60-54)52-23-8-7-18-47(52)48-21-10-22-49-50-34-29-37-13-2-5-16-43(37)56(50)61-58(48)49/h1-35H. The van der Waals surface area contributed by atoms with Crippen molar-refractivity contribution in [2.75, 3.05) is 4.90 Å². The molecule has 13 aromatic rings. The molecule has 0 amide bonds. The first kappa shape index (κ1) is 33.8. The van der Waals surface area contributed by atoms with E-state index < -0.39 is 0 Å². The lowest BCUT2D eigenvalue weighted by molar-refractivity contribution is 0.672. The SMILES string of the molecule is c1ccc(N(c2ccc(-c3cccc4c3ccc3ccccc34)cc2)c2cccc3oc4c5ccccc5ccc4c23)c(-c2cccc3c2oc2c4ccccc4ccc32)c1. The van der Waals surface area contributed by atoms with E-state index in [-0.39, 0.29) is 0 Å². The highest BCUT2D eigenvalue weighted by atomic mass is 16.3. The minimum Gasteiger partial charge on any atom is -0.455 e. The second-order valence-corrected chi connectivity index (χ2v) is 16.0. The third-order valence-corrected chi connectivity index (χ3v) is 12.7. The number of nitrogens with zero attached hydrogens (tertiary/aromatic N) is 1. The Morgan fingerprint density at radius 2 is 0.803 bits per heavy atom. The van der Waals surface area contributed by atoms with E-state index >= 15 is 0 Å². The zero-order valence-electron chi connectivity index (χ0n) is 33.0. The molecule has 13 rings (SSSR count). The third-order valence-electron chi connectivity index (χ3n) is 12.7. The van der Waals surface area contributed by atoms with Crippen LogP contribution in [0.1, 0.15) is 0 Å². The van der Waals surface area contributed by atoms with Crippen molar-refractivity contribution in [2.24, 2.45) is 0 Å². The van der Waals surface area contributed by atoms with Crippen LogP contribution in [0.15, 0.2) is 221 Å². The first-order chi connectivity index (χ1) is 30.3. The fourth-order valence-electron chi connectivity index (χ4n) is 9.85. The topological polar surface area (TPSA) is 29.5 Å². The van der Waals surface area contributed by atoms with Crippen LogP contribution in [-0.4, -0.2) is 0 Å². The number of anilines is 3. The average molecular weight is 778 g/mol. The lowest BCUT2D eigenvalue weighted by atomic mass is 9.94. The minimum absolute atomic E-state index is 0.845. The zero-order valence-corrected chi connectivity index (χ0v) is 33.0. The highest BCUT2D eigenvalue weighted by Crippen LogP contribution is 2.49. The molecule has 3 heteroatoms. The van der Waals surface area contributed by atoms with Gasteiger partial charge in [-0.25, -0.2) is 0 Å². The lowest BCUT2D eigenvalue weighted by Gasteiger charge is -2.28. The normalized spacial score (nSPS) is 11.9. The summed E-state index contributed by atoms with van der Waals surface area (Å²) in [6.45, 7) is 0. The summed E-state index contributed by atoms with van der Waals surface area (Å²) in [5, 5.41) is 13.9. The average Bonchev–Trinajstić information content (AvgIpc) is 3.92. The summed E-state index contributed by atoms with van der Waals surface area (Å²) in [5.41, 5.74) is 11.1. The maximum absolute atomic E-state index is 6.95. The molecule has 2 heterocycles. The molecule has 0 spiro atoms. The molecule has 0 saturated carbocycles. The fourth-order valence-corrected chi connectivity index (χ4v) is 9.85. The van der Waals surface area contributed by atoms with Crippen molar-refractivity contribution in [1.29, 1.82) is 0 Å². The van der Waals surface area contributed by atoms with Crippen LogP contribution in [-0.2, 0) is 0 Å². The molecule has 2 aromatic heterocycles. The molecular formula is C58H35NO2. The number of rotatable bonds is 5. The van der Waals surface area contributed by atoms with Crippen molar-refractivity contribution >= 4 is 104 Å². The van der Waals surface area contributed by atoms with Gasteiger partial charge >= 0.3 is 0 Å². The van der Waals surface area contributed by atoms with Gasteiger partial charge in [-0.2, -0.15) is 0 Å². The van der Waals surface area contributed by atoms with E-state index in [4.69, 9.17) is 8.83 Å². The van der Waals surface area contributed by atoms with Gasteiger partial charge < -0.3 is 13.7 Å². The molecule has 3 nitrogen and oxygen atoms in total. The van der Waals surface area contributed by atoms with E-state index in [1.807, 2.05) is 0 Å². The quantitative estimate of drug-likeness (QED) is 0.163. The Hall–Kier alpha value is -8.14. The van der Waals surface area contributed by atoms with Crippen molar-refractivity contribution in [2.45, 2.75) is 0 Å². The molecule has 11 aromatic carbocycles. The smallest absolute Gasteiger partial charge is 0.143 e. The summed E-state index contributed by atoms with van der Waals surface area (Å²) in [6, 6.07) is 76.2. The number of hydrogen-bond donors (Lipinski definition) is 0. The van der Waals surface area contributed by atoms with Gasteiger partial charge in [0.25, 0.3) is 0 Å². The minimum atomic E-state index is 0.845. The molecule has 0 atom stereocenters. The summed E-state index contributed by atoms with van der Waals surface area (Å²) in [5.74, 6) is 0. The molecule has 284 valence electrons. The van der Waals surface area contributed by atoms with E-state index in [2.05, 4.69) is 217 Å². The number of hydrogen-bond acceptors (Lipinski definition) is 3. The van der Waals surface area contributed by atoms with E-state index in [1.54, 1.807) is 0 Å². The number of furan rings is 2. The van der Waals surface area contributed by atoms with Gasteiger partial charge in [0.15, 0.2) is 0 Å². The van der Waals surface area contributed by atoms with Crippen molar-refractivity contribution in [1.82, 2.24) is 0 Å².